The molecular weight excluding hydrogens is 288 g/mol. The van der Waals surface area contributed by atoms with Crippen molar-refractivity contribution in [3.05, 3.63) is 30.3 Å². The highest BCUT2D eigenvalue weighted by molar-refractivity contribution is 5.94. The third-order valence-corrected chi connectivity index (χ3v) is 4.47. The SMILES string of the molecule is CCC(=O)N(c1ccccc1)C1(CC(C#N)C#N)CCNCC1. The molecule has 1 saturated heterocycles. The molecule has 0 aromatic heterocycles. The molecule has 0 radical (unpaired) electrons. The maximum Gasteiger partial charge on any atom is 0.227 e. The maximum atomic E-state index is 12.7. The fraction of sp³-hybridized carbons (Fsp3) is 0.500. The van der Waals surface area contributed by atoms with Gasteiger partial charge in [0.1, 0.15) is 5.92 Å². The van der Waals surface area contributed by atoms with Crippen LogP contribution in [0.4, 0.5) is 5.69 Å². The van der Waals surface area contributed by atoms with Crippen molar-refractivity contribution in [3.63, 3.8) is 0 Å². The van der Waals surface area contributed by atoms with Gasteiger partial charge in [0.25, 0.3) is 0 Å². The van der Waals surface area contributed by atoms with Gasteiger partial charge in [-0.15, -0.1) is 0 Å². The van der Waals surface area contributed by atoms with E-state index >= 15 is 0 Å². The molecule has 0 saturated carbocycles. The van der Waals surface area contributed by atoms with Gasteiger partial charge >= 0.3 is 0 Å². The van der Waals surface area contributed by atoms with Crippen LogP contribution in [0.3, 0.4) is 0 Å². The van der Waals surface area contributed by atoms with Crippen LogP contribution in [0.25, 0.3) is 0 Å². The number of nitrogens with zero attached hydrogens (tertiary/aromatic N) is 3. The number of nitrogens with one attached hydrogen (secondary N) is 1. The number of carbonyl (C=O) groups is 1. The van der Waals surface area contributed by atoms with Crippen molar-refractivity contribution in [1.82, 2.24) is 5.32 Å². The summed E-state index contributed by atoms with van der Waals surface area (Å²) in [4.78, 5) is 14.6. The van der Waals surface area contributed by atoms with Gasteiger partial charge in [0, 0.05) is 18.5 Å². The molecule has 120 valence electrons. The summed E-state index contributed by atoms with van der Waals surface area (Å²) in [5, 5.41) is 21.8. The van der Waals surface area contributed by atoms with E-state index in [0.717, 1.165) is 31.6 Å². The van der Waals surface area contributed by atoms with Crippen LogP contribution in [0.15, 0.2) is 30.3 Å². The Labute approximate surface area is 137 Å². The maximum absolute atomic E-state index is 12.7. The molecule has 1 aromatic rings. The lowest BCUT2D eigenvalue weighted by atomic mass is 9.78. The second kappa shape index (κ2) is 7.76. The van der Waals surface area contributed by atoms with E-state index < -0.39 is 11.5 Å². The summed E-state index contributed by atoms with van der Waals surface area (Å²) in [5.41, 5.74) is 0.367. The first-order valence-electron chi connectivity index (χ1n) is 8.05. The zero-order valence-electron chi connectivity index (χ0n) is 13.5. The van der Waals surface area contributed by atoms with Crippen LogP contribution < -0.4 is 10.2 Å². The average molecular weight is 310 g/mol. The number of hydrogen-bond donors (Lipinski definition) is 1. The minimum atomic E-state index is -0.705. The number of anilines is 1. The molecule has 2 rings (SSSR count). The second-order valence-corrected chi connectivity index (χ2v) is 5.91. The van der Waals surface area contributed by atoms with Gasteiger partial charge in [-0.25, -0.2) is 0 Å². The molecule has 1 aromatic carbocycles. The minimum absolute atomic E-state index is 0.0349. The van der Waals surface area contributed by atoms with Crippen molar-refractivity contribution in [2.75, 3.05) is 18.0 Å². The highest BCUT2D eigenvalue weighted by Gasteiger charge is 2.42. The zero-order chi connectivity index (χ0) is 16.7. The number of benzene rings is 1. The molecule has 23 heavy (non-hydrogen) atoms. The fourth-order valence-corrected chi connectivity index (χ4v) is 3.33. The van der Waals surface area contributed by atoms with Crippen LogP contribution >= 0.6 is 0 Å². The van der Waals surface area contributed by atoms with Crippen LogP contribution in [-0.2, 0) is 4.79 Å². The molecule has 1 aliphatic heterocycles. The molecule has 5 nitrogen and oxygen atoms in total. The van der Waals surface area contributed by atoms with Gasteiger partial charge in [-0.2, -0.15) is 10.5 Å². The van der Waals surface area contributed by atoms with Crippen molar-refractivity contribution in [2.45, 2.75) is 38.1 Å². The molecule has 0 unspecified atom stereocenters. The first-order valence-corrected chi connectivity index (χ1v) is 8.05. The smallest absolute Gasteiger partial charge is 0.227 e. The summed E-state index contributed by atoms with van der Waals surface area (Å²) in [6.07, 6.45) is 2.27. The average Bonchev–Trinajstić information content (AvgIpc) is 2.61. The molecule has 0 aliphatic carbocycles. The minimum Gasteiger partial charge on any atom is -0.317 e. The summed E-state index contributed by atoms with van der Waals surface area (Å²) in [7, 11) is 0. The summed E-state index contributed by atoms with van der Waals surface area (Å²) in [6, 6.07) is 13.7. The number of para-hydroxylation sites is 1. The molecule has 0 bridgehead atoms. The normalized spacial score (nSPS) is 16.3. The van der Waals surface area contributed by atoms with Crippen LogP contribution in [-0.4, -0.2) is 24.5 Å². The van der Waals surface area contributed by atoms with E-state index in [1.54, 1.807) is 0 Å². The van der Waals surface area contributed by atoms with Crippen molar-refractivity contribution in [2.24, 2.45) is 5.92 Å². The van der Waals surface area contributed by atoms with Gasteiger partial charge in [-0.1, -0.05) is 25.1 Å². The Morgan fingerprint density at radius 2 is 1.87 bits per heavy atom. The molecule has 1 fully saturated rings. The predicted octanol–water partition coefficient (Wildman–Crippen LogP) is 2.61. The van der Waals surface area contributed by atoms with Crippen LogP contribution in [0.5, 0.6) is 0 Å². The van der Waals surface area contributed by atoms with Gasteiger partial charge in [0.2, 0.25) is 5.91 Å². The van der Waals surface area contributed by atoms with Crippen molar-refractivity contribution < 1.29 is 4.79 Å². The number of nitriles is 2. The number of rotatable bonds is 5. The molecule has 0 atom stereocenters. The van der Waals surface area contributed by atoms with E-state index in [1.165, 1.54) is 0 Å². The summed E-state index contributed by atoms with van der Waals surface area (Å²) in [6.45, 7) is 3.41. The summed E-state index contributed by atoms with van der Waals surface area (Å²) >= 11 is 0. The van der Waals surface area contributed by atoms with Crippen molar-refractivity contribution in [1.29, 1.82) is 10.5 Å². The zero-order valence-corrected chi connectivity index (χ0v) is 13.5. The molecule has 1 heterocycles. The third kappa shape index (κ3) is 3.70. The topological polar surface area (TPSA) is 79.9 Å². The van der Waals surface area contributed by atoms with E-state index in [4.69, 9.17) is 0 Å². The molecule has 1 N–H and O–H groups in total. The van der Waals surface area contributed by atoms with E-state index in [9.17, 15) is 15.3 Å². The quantitative estimate of drug-likeness (QED) is 0.906. The Balaban J connectivity index is 2.46. The van der Waals surface area contributed by atoms with Gasteiger partial charge in [0.15, 0.2) is 0 Å². The first-order chi connectivity index (χ1) is 11.2. The number of hydrogen-bond acceptors (Lipinski definition) is 4. The van der Waals surface area contributed by atoms with E-state index in [-0.39, 0.29) is 5.91 Å². The van der Waals surface area contributed by atoms with E-state index in [0.29, 0.717) is 12.8 Å². The van der Waals surface area contributed by atoms with Crippen LogP contribution in [0.1, 0.15) is 32.6 Å². The predicted molar refractivity (Wildman–Crippen MR) is 88.4 cm³/mol. The molecule has 0 spiro atoms. The van der Waals surface area contributed by atoms with Gasteiger partial charge in [0.05, 0.1) is 17.7 Å². The van der Waals surface area contributed by atoms with Crippen molar-refractivity contribution in [3.8, 4) is 12.1 Å². The Hall–Kier alpha value is -2.37. The van der Waals surface area contributed by atoms with Crippen LogP contribution in [0.2, 0.25) is 0 Å². The van der Waals surface area contributed by atoms with Gasteiger partial charge in [-0.3, -0.25) is 4.79 Å². The van der Waals surface area contributed by atoms with Crippen molar-refractivity contribution >= 4 is 11.6 Å². The Bertz CT molecular complexity index is 594. The largest absolute Gasteiger partial charge is 0.317 e. The molecule has 1 amide bonds. The lowest BCUT2D eigenvalue weighted by Gasteiger charge is -2.47. The highest BCUT2D eigenvalue weighted by Crippen LogP contribution is 2.37. The molecule has 1 aliphatic rings. The molecule has 5 heteroatoms. The highest BCUT2D eigenvalue weighted by atomic mass is 16.2. The second-order valence-electron chi connectivity index (χ2n) is 5.91. The van der Waals surface area contributed by atoms with Gasteiger partial charge in [-0.05, 0) is 38.1 Å². The Morgan fingerprint density at radius 1 is 1.26 bits per heavy atom. The molecular formula is C18H22N4O. The lowest BCUT2D eigenvalue weighted by molar-refractivity contribution is -0.119. The monoisotopic (exact) mass is 310 g/mol. The third-order valence-electron chi connectivity index (χ3n) is 4.47. The number of amides is 1. The first kappa shape index (κ1) is 17.0. The van der Waals surface area contributed by atoms with E-state index in [2.05, 4.69) is 17.5 Å². The van der Waals surface area contributed by atoms with E-state index in [1.807, 2.05) is 42.2 Å². The summed E-state index contributed by atoms with van der Waals surface area (Å²) in [5.74, 6) is -0.670. The van der Waals surface area contributed by atoms with Gasteiger partial charge < -0.3 is 10.2 Å². The lowest BCUT2D eigenvalue weighted by Crippen LogP contribution is -2.58. The number of carbonyl (C=O) groups excluding carboxylic acids is 1. The Morgan fingerprint density at radius 3 is 2.39 bits per heavy atom. The summed E-state index contributed by atoms with van der Waals surface area (Å²) < 4.78 is 0. The standard InChI is InChI=1S/C18H22N4O/c1-2-17(23)22(16-6-4-3-5-7-16)18(8-10-21-11-9-18)12-15(13-19)14-20/h3-7,15,21H,2,8-12H2,1H3. The Kier molecular flexibility index (Phi) is 5.73. The number of piperidine rings is 1. The van der Waals surface area contributed by atoms with Crippen LogP contribution in [0, 0.1) is 28.6 Å². The fourth-order valence-electron chi connectivity index (χ4n) is 3.33.